The number of carboxylic acid groups (broad SMARTS) is 1. The minimum atomic E-state index is -1.29. The topological polar surface area (TPSA) is 123 Å². The lowest BCUT2D eigenvalue weighted by molar-refractivity contribution is -0.385. The molecule has 1 aromatic heterocycles. The van der Waals surface area contributed by atoms with E-state index in [-0.39, 0.29) is 22.9 Å². The van der Waals surface area contributed by atoms with Crippen molar-refractivity contribution in [2.24, 2.45) is 0 Å². The van der Waals surface area contributed by atoms with Crippen LogP contribution in [0.2, 0.25) is 0 Å². The summed E-state index contributed by atoms with van der Waals surface area (Å²) >= 11 is 0. The van der Waals surface area contributed by atoms with Crippen molar-refractivity contribution in [3.8, 4) is 0 Å². The molecule has 8 nitrogen and oxygen atoms in total. The van der Waals surface area contributed by atoms with Gasteiger partial charge in [0, 0.05) is 6.07 Å². The highest BCUT2D eigenvalue weighted by atomic mass is 16.6. The fourth-order valence-electron chi connectivity index (χ4n) is 1.72. The first kappa shape index (κ1) is 14.3. The maximum absolute atomic E-state index is 11.9. The van der Waals surface area contributed by atoms with Gasteiger partial charge in [-0.2, -0.15) is 0 Å². The molecule has 0 aliphatic carbocycles. The maximum Gasteiger partial charge on any atom is 0.371 e. The molecule has 108 valence electrons. The molecule has 8 heteroatoms. The summed E-state index contributed by atoms with van der Waals surface area (Å²) in [7, 11) is 0. The number of furan rings is 1. The average molecular weight is 290 g/mol. The standard InChI is InChI=1S/C13H10N2O6/c1-7-8(3-2-4-9(7)15(19)20)14-12(16)10-5-6-11(21-10)13(17)18/h2-6H,1H3,(H,14,16)(H,17,18). The number of hydrogen-bond acceptors (Lipinski definition) is 5. The van der Waals surface area contributed by atoms with Gasteiger partial charge in [0.2, 0.25) is 5.76 Å². The summed E-state index contributed by atoms with van der Waals surface area (Å²) < 4.78 is 4.85. The van der Waals surface area contributed by atoms with Crippen molar-refractivity contribution in [2.45, 2.75) is 6.92 Å². The molecule has 0 unspecified atom stereocenters. The molecule has 0 radical (unpaired) electrons. The van der Waals surface area contributed by atoms with E-state index >= 15 is 0 Å². The van der Waals surface area contributed by atoms with Gasteiger partial charge < -0.3 is 14.8 Å². The number of nitro groups is 1. The van der Waals surface area contributed by atoms with Crippen LogP contribution in [-0.2, 0) is 0 Å². The van der Waals surface area contributed by atoms with Crippen molar-refractivity contribution < 1.29 is 24.0 Å². The fourth-order valence-corrected chi connectivity index (χ4v) is 1.72. The van der Waals surface area contributed by atoms with Crippen molar-refractivity contribution >= 4 is 23.3 Å². The number of carboxylic acids is 1. The lowest BCUT2D eigenvalue weighted by atomic mass is 10.1. The minimum absolute atomic E-state index is 0.126. The van der Waals surface area contributed by atoms with Gasteiger partial charge in [0.1, 0.15) is 0 Å². The summed E-state index contributed by atoms with van der Waals surface area (Å²) in [6, 6.07) is 6.62. The van der Waals surface area contributed by atoms with Gasteiger partial charge >= 0.3 is 5.97 Å². The Morgan fingerprint density at radius 3 is 2.48 bits per heavy atom. The number of anilines is 1. The first-order valence-electron chi connectivity index (χ1n) is 5.78. The minimum Gasteiger partial charge on any atom is -0.475 e. The lowest BCUT2D eigenvalue weighted by Gasteiger charge is -2.07. The van der Waals surface area contributed by atoms with Crippen molar-refractivity contribution in [3.63, 3.8) is 0 Å². The Kier molecular flexibility index (Phi) is 3.70. The van der Waals surface area contributed by atoms with Crippen molar-refractivity contribution in [2.75, 3.05) is 5.32 Å². The van der Waals surface area contributed by atoms with E-state index in [0.717, 1.165) is 6.07 Å². The summed E-state index contributed by atoms with van der Waals surface area (Å²) in [5.41, 5.74) is 0.418. The zero-order valence-electron chi connectivity index (χ0n) is 10.8. The van der Waals surface area contributed by atoms with Crippen molar-refractivity contribution in [1.82, 2.24) is 0 Å². The van der Waals surface area contributed by atoms with E-state index in [2.05, 4.69) is 5.32 Å². The van der Waals surface area contributed by atoms with Crippen LogP contribution >= 0.6 is 0 Å². The average Bonchev–Trinajstić information content (AvgIpc) is 2.90. The lowest BCUT2D eigenvalue weighted by Crippen LogP contribution is -2.12. The van der Waals surface area contributed by atoms with Crippen LogP contribution in [-0.4, -0.2) is 21.9 Å². The number of amides is 1. The highest BCUT2D eigenvalue weighted by Gasteiger charge is 2.18. The first-order chi connectivity index (χ1) is 9.90. The number of rotatable bonds is 4. The van der Waals surface area contributed by atoms with Crippen LogP contribution in [0.15, 0.2) is 34.7 Å². The van der Waals surface area contributed by atoms with Gasteiger partial charge in [-0.15, -0.1) is 0 Å². The van der Waals surface area contributed by atoms with Gasteiger partial charge in [-0.1, -0.05) is 6.07 Å². The predicted octanol–water partition coefficient (Wildman–Crippen LogP) is 2.45. The second-order valence-electron chi connectivity index (χ2n) is 4.13. The van der Waals surface area contributed by atoms with Crippen LogP contribution in [0.4, 0.5) is 11.4 Å². The molecule has 2 aromatic rings. The van der Waals surface area contributed by atoms with Crippen LogP contribution < -0.4 is 5.32 Å². The van der Waals surface area contributed by atoms with Gasteiger partial charge in [-0.05, 0) is 25.1 Å². The molecular weight excluding hydrogens is 280 g/mol. The van der Waals surface area contributed by atoms with Crippen LogP contribution in [0.3, 0.4) is 0 Å². The number of nitro benzene ring substituents is 1. The molecule has 0 bridgehead atoms. The summed E-state index contributed by atoms with van der Waals surface area (Å²) in [5.74, 6) is -2.54. The molecule has 1 amide bonds. The molecule has 0 fully saturated rings. The molecule has 2 rings (SSSR count). The summed E-state index contributed by atoms with van der Waals surface area (Å²) in [6.07, 6.45) is 0. The molecule has 0 atom stereocenters. The normalized spacial score (nSPS) is 10.1. The highest BCUT2D eigenvalue weighted by Crippen LogP contribution is 2.25. The third-order valence-electron chi connectivity index (χ3n) is 2.79. The molecule has 1 aromatic carbocycles. The van der Waals surface area contributed by atoms with Crippen LogP contribution in [0.1, 0.15) is 26.7 Å². The number of nitrogens with zero attached hydrogens (tertiary/aromatic N) is 1. The Balaban J connectivity index is 2.25. The molecule has 0 saturated heterocycles. The summed E-state index contributed by atoms with van der Waals surface area (Å²) in [5, 5.41) is 22.0. The molecule has 0 aliphatic heterocycles. The largest absolute Gasteiger partial charge is 0.475 e. The molecule has 0 aliphatic rings. The quantitative estimate of drug-likeness (QED) is 0.658. The van der Waals surface area contributed by atoms with Gasteiger partial charge in [0.15, 0.2) is 5.76 Å². The van der Waals surface area contributed by atoms with E-state index in [4.69, 9.17) is 9.52 Å². The maximum atomic E-state index is 11.9. The Bertz CT molecular complexity index is 734. The fraction of sp³-hybridized carbons (Fsp3) is 0.0769. The Morgan fingerprint density at radius 1 is 1.24 bits per heavy atom. The number of carbonyl (C=O) groups excluding carboxylic acids is 1. The number of carbonyl (C=O) groups is 2. The number of hydrogen-bond donors (Lipinski definition) is 2. The number of aromatic carboxylic acids is 1. The Labute approximate surface area is 118 Å². The third-order valence-corrected chi connectivity index (χ3v) is 2.79. The van der Waals surface area contributed by atoms with Crippen molar-refractivity contribution in [3.05, 3.63) is 57.5 Å². The summed E-state index contributed by atoms with van der Waals surface area (Å²) in [6.45, 7) is 1.50. The van der Waals surface area contributed by atoms with Crippen molar-refractivity contribution in [1.29, 1.82) is 0 Å². The van der Waals surface area contributed by atoms with E-state index in [1.165, 1.54) is 31.2 Å². The second-order valence-corrected chi connectivity index (χ2v) is 4.13. The molecule has 0 spiro atoms. The summed E-state index contributed by atoms with van der Waals surface area (Å²) in [4.78, 5) is 32.8. The Hall–Kier alpha value is -3.16. The van der Waals surface area contributed by atoms with Crippen LogP contribution in [0, 0.1) is 17.0 Å². The van der Waals surface area contributed by atoms with E-state index in [1.54, 1.807) is 0 Å². The first-order valence-corrected chi connectivity index (χ1v) is 5.78. The smallest absolute Gasteiger partial charge is 0.371 e. The van der Waals surface area contributed by atoms with E-state index in [0.29, 0.717) is 5.56 Å². The predicted molar refractivity (Wildman–Crippen MR) is 71.5 cm³/mol. The van der Waals surface area contributed by atoms with Gasteiger partial charge in [-0.3, -0.25) is 14.9 Å². The SMILES string of the molecule is Cc1c(NC(=O)c2ccc(C(=O)O)o2)cccc1[N+](=O)[O-]. The monoisotopic (exact) mass is 290 g/mol. The molecule has 2 N–H and O–H groups in total. The zero-order chi connectivity index (χ0) is 15.6. The number of nitrogens with one attached hydrogen (secondary N) is 1. The van der Waals surface area contributed by atoms with Crippen LogP contribution in [0.5, 0.6) is 0 Å². The van der Waals surface area contributed by atoms with Gasteiger partial charge in [0.05, 0.1) is 16.2 Å². The highest BCUT2D eigenvalue weighted by molar-refractivity contribution is 6.03. The third kappa shape index (κ3) is 2.89. The molecular formula is C13H10N2O6. The number of benzene rings is 1. The van der Waals surface area contributed by atoms with E-state index < -0.39 is 16.8 Å². The van der Waals surface area contributed by atoms with Gasteiger partial charge in [-0.25, -0.2) is 4.79 Å². The second kappa shape index (κ2) is 5.45. The van der Waals surface area contributed by atoms with E-state index in [1.807, 2.05) is 0 Å². The molecule has 1 heterocycles. The molecule has 0 saturated carbocycles. The zero-order valence-corrected chi connectivity index (χ0v) is 10.8. The van der Waals surface area contributed by atoms with E-state index in [9.17, 15) is 19.7 Å². The Morgan fingerprint density at radius 2 is 1.90 bits per heavy atom. The van der Waals surface area contributed by atoms with Gasteiger partial charge in [0.25, 0.3) is 11.6 Å². The molecule has 21 heavy (non-hydrogen) atoms. The van der Waals surface area contributed by atoms with Crippen LogP contribution in [0.25, 0.3) is 0 Å².